The minimum absolute atomic E-state index is 0.00912. The summed E-state index contributed by atoms with van der Waals surface area (Å²) in [6.07, 6.45) is 0. The van der Waals surface area contributed by atoms with Gasteiger partial charge in [0.1, 0.15) is 5.82 Å². The molecule has 158 valence electrons. The smallest absolute Gasteiger partial charge is 0.234 e. The Bertz CT molecular complexity index is 1300. The zero-order chi connectivity index (χ0) is 22.0. The number of aromatic nitrogens is 1. The quantitative estimate of drug-likeness (QED) is 0.366. The molecular weight excluding hydrogens is 439 g/mol. The van der Waals surface area contributed by atoms with Crippen LogP contribution in [0.25, 0.3) is 11.5 Å². The van der Waals surface area contributed by atoms with Gasteiger partial charge >= 0.3 is 0 Å². The van der Waals surface area contributed by atoms with Crippen LogP contribution in [0.4, 0.5) is 10.3 Å². The maximum atomic E-state index is 13.3. The predicted octanol–water partition coefficient (Wildman–Crippen LogP) is 5.89. The normalized spacial score (nSPS) is 11.5. The SMILES string of the molecule is Cc1ccc(-c2nc(S(=O)(=O)c3ccc(F)cc3)c(NCc3ccc(Cl)cc3)o2)cc1. The highest BCUT2D eigenvalue weighted by Crippen LogP contribution is 2.33. The second-order valence-electron chi connectivity index (χ2n) is 6.96. The Morgan fingerprint density at radius 2 is 1.61 bits per heavy atom. The molecule has 0 spiro atoms. The monoisotopic (exact) mass is 456 g/mol. The molecule has 0 fully saturated rings. The topological polar surface area (TPSA) is 72.2 Å². The van der Waals surface area contributed by atoms with E-state index in [2.05, 4.69) is 10.3 Å². The molecule has 1 aromatic heterocycles. The van der Waals surface area contributed by atoms with Gasteiger partial charge in [0, 0.05) is 17.1 Å². The van der Waals surface area contributed by atoms with Gasteiger partial charge in [0.05, 0.1) is 4.90 Å². The summed E-state index contributed by atoms with van der Waals surface area (Å²) >= 11 is 5.92. The van der Waals surface area contributed by atoms with E-state index >= 15 is 0 Å². The van der Waals surface area contributed by atoms with E-state index in [1.165, 1.54) is 12.1 Å². The first-order valence-corrected chi connectivity index (χ1v) is 11.3. The average Bonchev–Trinajstić information content (AvgIpc) is 3.19. The number of hydrogen-bond acceptors (Lipinski definition) is 5. The summed E-state index contributed by atoms with van der Waals surface area (Å²) in [5.74, 6) is -0.352. The zero-order valence-electron chi connectivity index (χ0n) is 16.5. The third kappa shape index (κ3) is 4.62. The van der Waals surface area contributed by atoms with E-state index in [9.17, 15) is 12.8 Å². The lowest BCUT2D eigenvalue weighted by Gasteiger charge is -2.06. The Hall–Kier alpha value is -3.16. The van der Waals surface area contributed by atoms with Crippen LogP contribution in [0.5, 0.6) is 0 Å². The first-order valence-electron chi connectivity index (χ1n) is 9.40. The van der Waals surface area contributed by atoms with Gasteiger partial charge in [-0.1, -0.05) is 41.4 Å². The number of sulfone groups is 1. The average molecular weight is 457 g/mol. The molecular formula is C23H18ClFN2O3S. The summed E-state index contributed by atoms with van der Waals surface area (Å²) in [7, 11) is -4.05. The molecule has 0 saturated heterocycles. The highest BCUT2D eigenvalue weighted by atomic mass is 35.5. The Morgan fingerprint density at radius 1 is 0.968 bits per heavy atom. The molecule has 3 aromatic carbocycles. The number of nitrogens with zero attached hydrogens (tertiary/aromatic N) is 1. The van der Waals surface area contributed by atoms with Crippen LogP contribution in [0.2, 0.25) is 5.02 Å². The zero-order valence-corrected chi connectivity index (χ0v) is 18.0. The van der Waals surface area contributed by atoms with Crippen LogP contribution >= 0.6 is 11.6 Å². The lowest BCUT2D eigenvalue weighted by molar-refractivity contribution is 0.576. The molecule has 8 heteroatoms. The third-order valence-corrected chi connectivity index (χ3v) is 6.57. The predicted molar refractivity (Wildman–Crippen MR) is 117 cm³/mol. The molecule has 0 unspecified atom stereocenters. The second kappa shape index (κ2) is 8.53. The van der Waals surface area contributed by atoms with Crippen molar-refractivity contribution in [3.05, 3.63) is 94.8 Å². The number of benzene rings is 3. The van der Waals surface area contributed by atoms with Crippen molar-refractivity contribution in [2.45, 2.75) is 23.4 Å². The van der Waals surface area contributed by atoms with Crippen LogP contribution in [0.1, 0.15) is 11.1 Å². The van der Waals surface area contributed by atoms with Crippen molar-refractivity contribution in [1.29, 1.82) is 0 Å². The van der Waals surface area contributed by atoms with Gasteiger partial charge in [0.25, 0.3) is 0 Å². The molecule has 4 rings (SSSR count). The molecule has 1 N–H and O–H groups in total. The lowest BCUT2D eigenvalue weighted by atomic mass is 10.1. The first-order chi connectivity index (χ1) is 14.8. The van der Waals surface area contributed by atoms with Crippen LogP contribution in [0.3, 0.4) is 0 Å². The van der Waals surface area contributed by atoms with Crippen molar-refractivity contribution in [2.24, 2.45) is 0 Å². The number of hydrogen-bond donors (Lipinski definition) is 1. The van der Waals surface area contributed by atoms with Gasteiger partial charge < -0.3 is 9.73 Å². The van der Waals surface area contributed by atoms with E-state index in [1.807, 2.05) is 31.2 Å². The van der Waals surface area contributed by atoms with E-state index in [1.54, 1.807) is 24.3 Å². The summed E-state index contributed by atoms with van der Waals surface area (Å²) in [6, 6.07) is 19.1. The summed E-state index contributed by atoms with van der Waals surface area (Å²) in [4.78, 5) is 4.20. The van der Waals surface area contributed by atoms with Crippen molar-refractivity contribution >= 4 is 27.3 Å². The van der Waals surface area contributed by atoms with Gasteiger partial charge in [-0.2, -0.15) is 4.98 Å². The summed E-state index contributed by atoms with van der Waals surface area (Å²) in [6.45, 7) is 2.24. The number of aryl methyl sites for hydroxylation is 1. The largest absolute Gasteiger partial charge is 0.419 e. The molecule has 5 nitrogen and oxygen atoms in total. The van der Waals surface area contributed by atoms with Gasteiger partial charge in [-0.05, 0) is 61.0 Å². The summed E-state index contributed by atoms with van der Waals surface area (Å²) in [5.41, 5.74) is 2.57. The van der Waals surface area contributed by atoms with Gasteiger partial charge in [0.15, 0.2) is 0 Å². The fraction of sp³-hybridized carbons (Fsp3) is 0.0870. The minimum atomic E-state index is -4.05. The molecule has 1 heterocycles. The Morgan fingerprint density at radius 3 is 2.26 bits per heavy atom. The number of anilines is 1. The molecule has 0 amide bonds. The van der Waals surface area contributed by atoms with Crippen molar-refractivity contribution in [2.75, 3.05) is 5.32 Å². The number of oxazole rings is 1. The molecule has 0 saturated carbocycles. The van der Waals surface area contributed by atoms with E-state index in [4.69, 9.17) is 16.0 Å². The van der Waals surface area contributed by atoms with E-state index in [-0.39, 0.29) is 21.7 Å². The van der Waals surface area contributed by atoms with Crippen molar-refractivity contribution in [3.63, 3.8) is 0 Å². The number of halogens is 2. The van der Waals surface area contributed by atoms with E-state index in [0.29, 0.717) is 17.1 Å². The Kier molecular flexibility index (Phi) is 5.80. The van der Waals surface area contributed by atoms with Crippen molar-refractivity contribution in [1.82, 2.24) is 4.98 Å². The highest BCUT2D eigenvalue weighted by molar-refractivity contribution is 7.91. The summed E-state index contributed by atoms with van der Waals surface area (Å²) in [5, 5.41) is 3.35. The molecule has 0 aliphatic heterocycles. The Balaban J connectivity index is 1.74. The number of rotatable bonds is 6. The minimum Gasteiger partial charge on any atom is -0.419 e. The van der Waals surface area contributed by atoms with Gasteiger partial charge in [-0.15, -0.1) is 0 Å². The second-order valence-corrected chi connectivity index (χ2v) is 9.26. The number of nitrogens with one attached hydrogen (secondary N) is 1. The fourth-order valence-electron chi connectivity index (χ4n) is 2.93. The summed E-state index contributed by atoms with van der Waals surface area (Å²) < 4.78 is 45.6. The molecule has 0 aliphatic rings. The standard InChI is InChI=1S/C23H18ClFN2O3S/c1-15-2-6-17(7-3-15)21-27-23(31(28,29)20-12-10-19(25)11-13-20)22(30-21)26-14-16-4-8-18(24)9-5-16/h2-13,26H,14H2,1H3. The molecule has 0 radical (unpaired) electrons. The van der Waals surface area contributed by atoms with Crippen LogP contribution in [-0.2, 0) is 16.4 Å². The highest BCUT2D eigenvalue weighted by Gasteiger charge is 2.28. The van der Waals surface area contributed by atoms with Crippen LogP contribution in [0.15, 0.2) is 87.1 Å². The fourth-order valence-corrected chi connectivity index (χ4v) is 4.33. The van der Waals surface area contributed by atoms with Crippen LogP contribution < -0.4 is 5.32 Å². The maximum absolute atomic E-state index is 13.3. The molecule has 0 atom stereocenters. The van der Waals surface area contributed by atoms with Crippen molar-refractivity contribution < 1.29 is 17.2 Å². The molecule has 31 heavy (non-hydrogen) atoms. The van der Waals surface area contributed by atoms with Crippen molar-refractivity contribution in [3.8, 4) is 11.5 Å². The van der Waals surface area contributed by atoms with E-state index in [0.717, 1.165) is 23.3 Å². The molecule has 0 bridgehead atoms. The first kappa shape index (κ1) is 21.1. The maximum Gasteiger partial charge on any atom is 0.234 e. The Labute approximate surface area is 184 Å². The lowest BCUT2D eigenvalue weighted by Crippen LogP contribution is -2.07. The van der Waals surface area contributed by atoms with Crippen LogP contribution in [0, 0.1) is 12.7 Å². The van der Waals surface area contributed by atoms with E-state index < -0.39 is 15.7 Å². The van der Waals surface area contributed by atoms with Gasteiger partial charge in [-0.3, -0.25) is 0 Å². The third-order valence-electron chi connectivity index (χ3n) is 4.64. The van der Waals surface area contributed by atoms with Gasteiger partial charge in [-0.25, -0.2) is 12.8 Å². The molecule has 4 aromatic rings. The van der Waals surface area contributed by atoms with Crippen LogP contribution in [-0.4, -0.2) is 13.4 Å². The van der Waals surface area contributed by atoms with Gasteiger partial charge in [0.2, 0.25) is 26.6 Å². The molecule has 0 aliphatic carbocycles.